The molecule has 0 saturated carbocycles. The van der Waals surface area contributed by atoms with Crippen LogP contribution < -0.4 is 5.32 Å². The number of carboxylic acid groups (broad SMARTS) is 1. The highest BCUT2D eigenvalue weighted by molar-refractivity contribution is 5.96. The van der Waals surface area contributed by atoms with Gasteiger partial charge in [0.2, 0.25) is 5.91 Å². The average Bonchev–Trinajstić information content (AvgIpc) is 3.00. The highest BCUT2D eigenvalue weighted by Gasteiger charge is 2.54. The summed E-state index contributed by atoms with van der Waals surface area (Å²) >= 11 is 0. The molecule has 2 fully saturated rings. The molecule has 8 heteroatoms. The van der Waals surface area contributed by atoms with Crippen LogP contribution in [-0.2, 0) is 14.3 Å². The second-order valence-electron chi connectivity index (χ2n) is 6.45. The number of nitrogens with one attached hydrogen (secondary N) is 1. The molecule has 2 N–H and O–H groups in total. The van der Waals surface area contributed by atoms with E-state index in [1.54, 1.807) is 0 Å². The number of rotatable bonds is 4. The van der Waals surface area contributed by atoms with Gasteiger partial charge in [-0.3, -0.25) is 14.4 Å². The quantitative estimate of drug-likeness (QED) is 0.825. The summed E-state index contributed by atoms with van der Waals surface area (Å²) in [6.45, 7) is 0.817. The monoisotopic (exact) mass is 350 g/mol. The average molecular weight is 350 g/mol. The van der Waals surface area contributed by atoms with E-state index in [4.69, 9.17) is 4.74 Å². The Kier molecular flexibility index (Phi) is 4.71. The number of fused-ring (bicyclic) bond motifs is 1. The van der Waals surface area contributed by atoms with E-state index in [2.05, 4.69) is 5.32 Å². The largest absolute Gasteiger partial charge is 0.481 e. The number of likely N-dealkylation sites (tertiary alicyclic amines) is 1. The fourth-order valence-electron chi connectivity index (χ4n) is 3.49. The second-order valence-corrected chi connectivity index (χ2v) is 6.45. The summed E-state index contributed by atoms with van der Waals surface area (Å²) in [7, 11) is 0. The van der Waals surface area contributed by atoms with Crippen molar-refractivity contribution in [2.75, 3.05) is 32.8 Å². The molecular formula is C17H19FN2O5. The molecular weight excluding hydrogens is 331 g/mol. The Morgan fingerprint density at radius 3 is 2.88 bits per heavy atom. The lowest BCUT2D eigenvalue weighted by atomic mass is 9.74. The van der Waals surface area contributed by atoms with Crippen LogP contribution in [0.5, 0.6) is 0 Å². The molecule has 0 bridgehead atoms. The highest BCUT2D eigenvalue weighted by Crippen LogP contribution is 2.42. The third kappa shape index (κ3) is 3.34. The number of carboxylic acids is 1. The van der Waals surface area contributed by atoms with Crippen molar-refractivity contribution in [2.45, 2.75) is 6.42 Å². The molecule has 2 heterocycles. The first-order chi connectivity index (χ1) is 11.9. The van der Waals surface area contributed by atoms with Crippen molar-refractivity contribution in [3.8, 4) is 0 Å². The summed E-state index contributed by atoms with van der Waals surface area (Å²) in [6.07, 6.45) is 0.367. The third-order valence-electron chi connectivity index (χ3n) is 4.97. The summed E-state index contributed by atoms with van der Waals surface area (Å²) in [5, 5.41) is 12.0. The number of hydrogen-bond donors (Lipinski definition) is 2. The molecule has 134 valence electrons. The first-order valence-electron chi connectivity index (χ1n) is 8.05. The Hall–Kier alpha value is -2.48. The van der Waals surface area contributed by atoms with Crippen molar-refractivity contribution in [1.29, 1.82) is 0 Å². The van der Waals surface area contributed by atoms with E-state index < -0.39 is 23.1 Å². The minimum Gasteiger partial charge on any atom is -0.481 e. The number of aliphatic carboxylic acids is 1. The molecule has 2 aliphatic rings. The zero-order chi connectivity index (χ0) is 18.0. The minimum absolute atomic E-state index is 0.116. The number of carbonyl (C=O) groups is 3. The number of carbonyl (C=O) groups excluding carboxylic acids is 2. The number of nitrogens with zero attached hydrogens (tertiary/aromatic N) is 1. The van der Waals surface area contributed by atoms with E-state index in [-0.39, 0.29) is 30.5 Å². The number of ether oxygens (including phenoxy) is 1. The van der Waals surface area contributed by atoms with Gasteiger partial charge in [-0.2, -0.15) is 0 Å². The van der Waals surface area contributed by atoms with Crippen molar-refractivity contribution in [1.82, 2.24) is 10.2 Å². The van der Waals surface area contributed by atoms with E-state index in [9.17, 15) is 23.9 Å². The van der Waals surface area contributed by atoms with Gasteiger partial charge in [0.1, 0.15) is 5.82 Å². The van der Waals surface area contributed by atoms with Gasteiger partial charge in [-0.1, -0.05) is 6.07 Å². The van der Waals surface area contributed by atoms with Crippen LogP contribution in [0, 0.1) is 17.2 Å². The van der Waals surface area contributed by atoms with Crippen LogP contribution in [0.4, 0.5) is 4.39 Å². The molecule has 7 nitrogen and oxygen atoms in total. The molecule has 0 spiro atoms. The number of hydrogen-bond acceptors (Lipinski definition) is 4. The van der Waals surface area contributed by atoms with E-state index >= 15 is 0 Å². The van der Waals surface area contributed by atoms with Gasteiger partial charge >= 0.3 is 5.97 Å². The molecule has 0 radical (unpaired) electrons. The maximum absolute atomic E-state index is 13.1. The molecule has 2 atom stereocenters. The van der Waals surface area contributed by atoms with Gasteiger partial charge in [-0.15, -0.1) is 0 Å². The Morgan fingerprint density at radius 1 is 1.40 bits per heavy atom. The molecule has 1 aromatic rings. The van der Waals surface area contributed by atoms with Crippen molar-refractivity contribution >= 4 is 17.8 Å². The summed E-state index contributed by atoms with van der Waals surface area (Å²) in [5.41, 5.74) is -0.848. The number of halogens is 1. The van der Waals surface area contributed by atoms with Crippen LogP contribution in [0.25, 0.3) is 0 Å². The molecule has 0 aliphatic carbocycles. The molecule has 1 aromatic carbocycles. The van der Waals surface area contributed by atoms with Crippen LogP contribution in [0.2, 0.25) is 0 Å². The third-order valence-corrected chi connectivity index (χ3v) is 4.97. The fraction of sp³-hybridized carbons (Fsp3) is 0.471. The van der Waals surface area contributed by atoms with Crippen LogP contribution in [-0.4, -0.2) is 60.6 Å². The van der Waals surface area contributed by atoms with Gasteiger partial charge in [0, 0.05) is 31.2 Å². The van der Waals surface area contributed by atoms with Gasteiger partial charge in [0.15, 0.2) is 0 Å². The molecule has 2 amide bonds. The SMILES string of the molecule is O=C(NCC(=O)N1C[C@H]2COCC[C@@]2(C(=O)O)C1)c1cccc(F)c1. The number of amides is 2. The fourth-order valence-corrected chi connectivity index (χ4v) is 3.49. The molecule has 2 saturated heterocycles. The lowest BCUT2D eigenvalue weighted by Crippen LogP contribution is -2.45. The zero-order valence-electron chi connectivity index (χ0n) is 13.5. The van der Waals surface area contributed by atoms with Crippen LogP contribution in [0.15, 0.2) is 24.3 Å². The standard InChI is InChI=1S/C17H19FN2O5/c18-13-3-1-2-11(6-13)15(22)19-7-14(21)20-8-12-9-25-5-4-17(12,10-20)16(23)24/h1-3,6,12H,4-5,7-10H2,(H,19,22)(H,23,24)/t12-,17+/m0/s1. The van der Waals surface area contributed by atoms with Gasteiger partial charge in [-0.25, -0.2) is 4.39 Å². The summed E-state index contributed by atoms with van der Waals surface area (Å²) < 4.78 is 18.5. The predicted molar refractivity (Wildman–Crippen MR) is 84.3 cm³/mol. The lowest BCUT2D eigenvalue weighted by molar-refractivity contribution is -0.157. The molecule has 2 aliphatic heterocycles. The second kappa shape index (κ2) is 6.79. The normalized spacial score (nSPS) is 25.3. The zero-order valence-corrected chi connectivity index (χ0v) is 13.5. The van der Waals surface area contributed by atoms with Crippen LogP contribution >= 0.6 is 0 Å². The summed E-state index contributed by atoms with van der Waals surface area (Å²) in [5.74, 6) is -2.62. The predicted octanol–water partition coefficient (Wildman–Crippen LogP) is 0.505. The maximum Gasteiger partial charge on any atom is 0.311 e. The van der Waals surface area contributed by atoms with Crippen molar-refractivity contribution in [3.63, 3.8) is 0 Å². The first kappa shape index (κ1) is 17.3. The van der Waals surface area contributed by atoms with Gasteiger partial charge in [-0.05, 0) is 24.6 Å². The minimum atomic E-state index is -0.972. The number of benzene rings is 1. The first-order valence-corrected chi connectivity index (χ1v) is 8.05. The molecule has 25 heavy (non-hydrogen) atoms. The van der Waals surface area contributed by atoms with Gasteiger partial charge < -0.3 is 20.1 Å². The van der Waals surface area contributed by atoms with Crippen molar-refractivity contribution in [2.24, 2.45) is 11.3 Å². The molecule has 3 rings (SSSR count). The summed E-state index contributed by atoms with van der Waals surface area (Å²) in [4.78, 5) is 37.5. The smallest absolute Gasteiger partial charge is 0.311 e. The maximum atomic E-state index is 13.1. The van der Waals surface area contributed by atoms with E-state index in [1.807, 2.05) is 0 Å². The topological polar surface area (TPSA) is 95.9 Å². The Balaban J connectivity index is 1.61. The van der Waals surface area contributed by atoms with E-state index in [1.165, 1.54) is 23.1 Å². The Morgan fingerprint density at radius 2 is 2.20 bits per heavy atom. The van der Waals surface area contributed by atoms with Crippen molar-refractivity contribution in [3.05, 3.63) is 35.6 Å². The summed E-state index contributed by atoms with van der Waals surface area (Å²) in [6, 6.07) is 5.17. The van der Waals surface area contributed by atoms with Gasteiger partial charge in [0.05, 0.1) is 18.6 Å². The van der Waals surface area contributed by atoms with Crippen LogP contribution in [0.3, 0.4) is 0 Å². The van der Waals surface area contributed by atoms with Gasteiger partial charge in [0.25, 0.3) is 5.91 Å². The molecule has 0 aromatic heterocycles. The Bertz CT molecular complexity index is 710. The van der Waals surface area contributed by atoms with E-state index in [0.717, 1.165) is 6.07 Å². The lowest BCUT2D eigenvalue weighted by Gasteiger charge is -2.33. The molecule has 0 unspecified atom stereocenters. The van der Waals surface area contributed by atoms with E-state index in [0.29, 0.717) is 26.2 Å². The Labute approximate surface area is 143 Å². The van der Waals surface area contributed by atoms with Crippen molar-refractivity contribution < 1.29 is 28.6 Å². The van der Waals surface area contributed by atoms with Crippen LogP contribution in [0.1, 0.15) is 16.8 Å². The highest BCUT2D eigenvalue weighted by atomic mass is 19.1.